The molecule has 1 aliphatic rings. The quantitative estimate of drug-likeness (QED) is 0.778. The summed E-state index contributed by atoms with van der Waals surface area (Å²) in [5.41, 5.74) is 0.0756. The third-order valence-electron chi connectivity index (χ3n) is 2.71. The molecule has 1 aromatic carbocycles. The minimum Gasteiger partial charge on any atom is -0.375 e. The molecule has 0 radical (unpaired) electrons. The number of nitrogens with zero attached hydrogens (tertiary/aromatic N) is 1. The van der Waals surface area contributed by atoms with E-state index in [0.29, 0.717) is 24.6 Å². The molecule has 1 unspecified atom stereocenters. The second-order valence-electron chi connectivity index (χ2n) is 4.10. The molecule has 17 heavy (non-hydrogen) atoms. The lowest BCUT2D eigenvalue weighted by atomic mass is 10.1. The number of rotatable bonds is 1. The molecular weight excluding hydrogens is 241 g/mol. The van der Waals surface area contributed by atoms with Gasteiger partial charge in [-0.2, -0.15) is 0 Å². The molecule has 3 nitrogen and oxygen atoms in total. The van der Waals surface area contributed by atoms with E-state index < -0.39 is 5.82 Å². The number of carbonyl (C=O) groups excluding carboxylic acids is 1. The Hall–Kier alpha value is -1.07. The molecule has 1 heterocycles. The standard InChI is InChI=1S/C12H14FNO2S/c1-8-7-14(4-5-16-8)12(15)10-6-9(17)2-3-11(10)13/h2-3,6,8,17H,4-5,7H2,1H3. The lowest BCUT2D eigenvalue weighted by Gasteiger charge is -2.31. The smallest absolute Gasteiger partial charge is 0.257 e. The number of carbonyl (C=O) groups is 1. The number of thiol groups is 1. The van der Waals surface area contributed by atoms with E-state index in [9.17, 15) is 9.18 Å². The summed E-state index contributed by atoms with van der Waals surface area (Å²) in [5.74, 6) is -0.805. The summed E-state index contributed by atoms with van der Waals surface area (Å²) in [7, 11) is 0. The Labute approximate surface area is 105 Å². The molecule has 1 aliphatic heterocycles. The van der Waals surface area contributed by atoms with Gasteiger partial charge in [0.25, 0.3) is 5.91 Å². The largest absolute Gasteiger partial charge is 0.375 e. The number of morpholine rings is 1. The average molecular weight is 255 g/mol. The Morgan fingerprint density at radius 1 is 1.59 bits per heavy atom. The maximum Gasteiger partial charge on any atom is 0.257 e. The van der Waals surface area contributed by atoms with E-state index in [1.54, 1.807) is 4.90 Å². The van der Waals surface area contributed by atoms with Gasteiger partial charge in [0.1, 0.15) is 5.82 Å². The SMILES string of the molecule is CC1CN(C(=O)c2cc(S)ccc2F)CCO1. The molecule has 2 rings (SSSR count). The Morgan fingerprint density at radius 2 is 2.35 bits per heavy atom. The first-order chi connectivity index (χ1) is 8.08. The topological polar surface area (TPSA) is 29.5 Å². The summed E-state index contributed by atoms with van der Waals surface area (Å²) >= 11 is 4.12. The molecule has 1 amide bonds. The van der Waals surface area contributed by atoms with E-state index in [1.165, 1.54) is 18.2 Å². The third-order valence-corrected chi connectivity index (χ3v) is 2.99. The normalized spacial score (nSPS) is 20.4. The highest BCUT2D eigenvalue weighted by Gasteiger charge is 2.24. The Balaban J connectivity index is 2.21. The Bertz CT molecular complexity index is 439. The molecule has 5 heteroatoms. The molecule has 0 N–H and O–H groups in total. The van der Waals surface area contributed by atoms with Crippen LogP contribution in [0.25, 0.3) is 0 Å². The van der Waals surface area contributed by atoms with Crippen LogP contribution in [-0.2, 0) is 4.74 Å². The monoisotopic (exact) mass is 255 g/mol. The van der Waals surface area contributed by atoms with Crippen LogP contribution < -0.4 is 0 Å². The molecule has 0 spiro atoms. The van der Waals surface area contributed by atoms with E-state index in [2.05, 4.69) is 12.6 Å². The van der Waals surface area contributed by atoms with Crippen LogP contribution in [0.1, 0.15) is 17.3 Å². The van der Waals surface area contributed by atoms with Crippen molar-refractivity contribution in [3.8, 4) is 0 Å². The highest BCUT2D eigenvalue weighted by atomic mass is 32.1. The lowest BCUT2D eigenvalue weighted by Crippen LogP contribution is -2.44. The van der Waals surface area contributed by atoms with Crippen molar-refractivity contribution >= 4 is 18.5 Å². The maximum atomic E-state index is 13.6. The van der Waals surface area contributed by atoms with Crippen molar-refractivity contribution in [3.63, 3.8) is 0 Å². The molecule has 1 atom stereocenters. The molecule has 1 aromatic rings. The van der Waals surface area contributed by atoms with Gasteiger partial charge in [-0.15, -0.1) is 12.6 Å². The van der Waals surface area contributed by atoms with Crippen LogP contribution in [0.5, 0.6) is 0 Å². The van der Waals surface area contributed by atoms with Gasteiger partial charge in [0.2, 0.25) is 0 Å². The van der Waals surface area contributed by atoms with Gasteiger partial charge >= 0.3 is 0 Å². The van der Waals surface area contributed by atoms with Gasteiger partial charge < -0.3 is 9.64 Å². The van der Waals surface area contributed by atoms with Gasteiger partial charge in [0.15, 0.2) is 0 Å². The van der Waals surface area contributed by atoms with E-state index in [0.717, 1.165) is 0 Å². The number of halogens is 1. The van der Waals surface area contributed by atoms with Crippen LogP contribution in [-0.4, -0.2) is 36.6 Å². The minimum atomic E-state index is -0.507. The van der Waals surface area contributed by atoms with Crippen LogP contribution in [0.3, 0.4) is 0 Å². The third kappa shape index (κ3) is 2.79. The number of amides is 1. The molecule has 1 fully saturated rings. The minimum absolute atomic E-state index is 0.00468. The molecule has 0 bridgehead atoms. The van der Waals surface area contributed by atoms with Crippen molar-refractivity contribution in [2.45, 2.75) is 17.9 Å². The Morgan fingerprint density at radius 3 is 3.06 bits per heavy atom. The van der Waals surface area contributed by atoms with Gasteiger partial charge in [-0.05, 0) is 25.1 Å². The molecule has 0 aromatic heterocycles. The van der Waals surface area contributed by atoms with Gasteiger partial charge in [0.05, 0.1) is 18.3 Å². The van der Waals surface area contributed by atoms with E-state index in [1.807, 2.05) is 6.92 Å². The molecule has 1 saturated heterocycles. The zero-order valence-electron chi connectivity index (χ0n) is 9.52. The Kier molecular flexibility index (Phi) is 3.69. The summed E-state index contributed by atoms with van der Waals surface area (Å²) < 4.78 is 18.9. The fraction of sp³-hybridized carbons (Fsp3) is 0.417. The second kappa shape index (κ2) is 5.06. The summed E-state index contributed by atoms with van der Waals surface area (Å²) in [4.78, 5) is 14.3. The molecule has 92 valence electrons. The lowest BCUT2D eigenvalue weighted by molar-refractivity contribution is -0.0126. The van der Waals surface area contributed by atoms with Crippen molar-refractivity contribution < 1.29 is 13.9 Å². The van der Waals surface area contributed by atoms with E-state index >= 15 is 0 Å². The predicted molar refractivity (Wildman–Crippen MR) is 65.0 cm³/mol. The summed E-state index contributed by atoms with van der Waals surface area (Å²) in [5, 5.41) is 0. The summed E-state index contributed by atoms with van der Waals surface area (Å²) in [6, 6.07) is 4.25. The molecule has 0 aliphatic carbocycles. The highest BCUT2D eigenvalue weighted by Crippen LogP contribution is 2.17. The average Bonchev–Trinajstić information content (AvgIpc) is 2.31. The van der Waals surface area contributed by atoms with Crippen molar-refractivity contribution in [3.05, 3.63) is 29.6 Å². The maximum absolute atomic E-state index is 13.6. The van der Waals surface area contributed by atoms with Crippen molar-refractivity contribution in [2.75, 3.05) is 19.7 Å². The predicted octanol–water partition coefficient (Wildman–Crippen LogP) is 1.98. The number of ether oxygens (including phenoxy) is 1. The highest BCUT2D eigenvalue weighted by molar-refractivity contribution is 7.80. The fourth-order valence-corrected chi connectivity index (χ4v) is 2.05. The first kappa shape index (κ1) is 12.4. The van der Waals surface area contributed by atoms with Crippen molar-refractivity contribution in [1.29, 1.82) is 0 Å². The van der Waals surface area contributed by atoms with Crippen molar-refractivity contribution in [1.82, 2.24) is 4.90 Å². The summed E-state index contributed by atoms with van der Waals surface area (Å²) in [6.45, 7) is 3.38. The van der Waals surface area contributed by atoms with Crippen LogP contribution >= 0.6 is 12.6 Å². The number of hydrogen-bond acceptors (Lipinski definition) is 3. The van der Waals surface area contributed by atoms with Crippen molar-refractivity contribution in [2.24, 2.45) is 0 Å². The summed E-state index contributed by atoms with van der Waals surface area (Å²) in [6.07, 6.45) is -0.00468. The molecular formula is C12H14FNO2S. The van der Waals surface area contributed by atoms with Crippen LogP contribution in [0.2, 0.25) is 0 Å². The first-order valence-corrected chi connectivity index (χ1v) is 5.92. The zero-order chi connectivity index (χ0) is 12.4. The zero-order valence-corrected chi connectivity index (χ0v) is 10.4. The second-order valence-corrected chi connectivity index (χ2v) is 4.61. The van der Waals surface area contributed by atoms with Gasteiger partial charge in [-0.25, -0.2) is 4.39 Å². The van der Waals surface area contributed by atoms with Gasteiger partial charge in [-0.3, -0.25) is 4.79 Å². The fourth-order valence-electron chi connectivity index (χ4n) is 1.85. The first-order valence-electron chi connectivity index (χ1n) is 5.47. The number of benzene rings is 1. The number of hydrogen-bond donors (Lipinski definition) is 1. The van der Waals surface area contributed by atoms with Gasteiger partial charge in [-0.1, -0.05) is 0 Å². The molecule has 0 saturated carbocycles. The van der Waals surface area contributed by atoms with Gasteiger partial charge in [0, 0.05) is 18.0 Å². The van der Waals surface area contributed by atoms with E-state index in [4.69, 9.17) is 4.74 Å². The van der Waals surface area contributed by atoms with Crippen LogP contribution in [0.15, 0.2) is 23.1 Å². The van der Waals surface area contributed by atoms with E-state index in [-0.39, 0.29) is 17.6 Å². The van der Waals surface area contributed by atoms with Crippen LogP contribution in [0.4, 0.5) is 4.39 Å². The van der Waals surface area contributed by atoms with Crippen LogP contribution in [0, 0.1) is 5.82 Å².